The molecule has 1 heterocycles. The second kappa shape index (κ2) is 7.08. The van der Waals surface area contributed by atoms with Gasteiger partial charge in [0, 0.05) is 19.5 Å². The normalized spacial score (nSPS) is 12.6. The highest BCUT2D eigenvalue weighted by molar-refractivity contribution is 7.89. The summed E-state index contributed by atoms with van der Waals surface area (Å²) in [5, 5.41) is 14.5. The van der Waals surface area contributed by atoms with Gasteiger partial charge >= 0.3 is 5.97 Å². The maximum atomic E-state index is 12.5. The van der Waals surface area contributed by atoms with Gasteiger partial charge in [0.05, 0.1) is 0 Å². The SMILES string of the molecule is Cc1oc(C(=O)N(C)C(Cc2ccccc2)C(=O)O)cc1S(N)(=O)=O. The van der Waals surface area contributed by atoms with E-state index in [1.807, 2.05) is 0 Å². The maximum absolute atomic E-state index is 12.5. The number of aliphatic carboxylic acids is 1. The van der Waals surface area contributed by atoms with E-state index in [2.05, 4.69) is 0 Å². The third kappa shape index (κ3) is 4.25. The number of benzene rings is 1. The van der Waals surface area contributed by atoms with Crippen LogP contribution in [0.15, 0.2) is 45.7 Å². The number of hydrogen-bond donors (Lipinski definition) is 2. The number of likely N-dealkylation sites (N-methyl/N-ethyl adjacent to an activating group) is 1. The fraction of sp³-hybridized carbons (Fsp3) is 0.250. The number of primary sulfonamides is 1. The van der Waals surface area contributed by atoms with E-state index in [1.165, 1.54) is 14.0 Å². The molecule has 0 aliphatic carbocycles. The number of sulfonamides is 1. The Bertz CT molecular complexity index is 889. The molecule has 0 fully saturated rings. The number of nitrogens with two attached hydrogens (primary N) is 1. The van der Waals surface area contributed by atoms with Crippen LogP contribution >= 0.6 is 0 Å². The number of furan rings is 1. The molecule has 1 amide bonds. The molecule has 0 saturated carbocycles. The van der Waals surface area contributed by atoms with Crippen LogP contribution in [0.4, 0.5) is 0 Å². The maximum Gasteiger partial charge on any atom is 0.326 e. The van der Waals surface area contributed by atoms with Crippen LogP contribution in [0.2, 0.25) is 0 Å². The fourth-order valence-corrected chi connectivity index (χ4v) is 3.11. The van der Waals surface area contributed by atoms with E-state index in [4.69, 9.17) is 9.56 Å². The molecule has 1 unspecified atom stereocenters. The zero-order valence-electron chi connectivity index (χ0n) is 13.7. The summed E-state index contributed by atoms with van der Waals surface area (Å²) >= 11 is 0. The van der Waals surface area contributed by atoms with Crippen molar-refractivity contribution in [2.75, 3.05) is 7.05 Å². The van der Waals surface area contributed by atoms with E-state index in [1.54, 1.807) is 30.3 Å². The standard InChI is InChI=1S/C16H18N2O6S/c1-10-14(25(17,22)23)9-13(24-10)15(19)18(2)12(16(20)21)8-11-6-4-3-5-7-11/h3-7,9,12H,8H2,1-2H3,(H,20,21)(H2,17,22,23). The predicted molar refractivity (Wildman–Crippen MR) is 88.5 cm³/mol. The van der Waals surface area contributed by atoms with Gasteiger partial charge < -0.3 is 14.4 Å². The Morgan fingerprint density at radius 3 is 2.36 bits per heavy atom. The molecule has 0 aliphatic heterocycles. The summed E-state index contributed by atoms with van der Waals surface area (Å²) in [6.45, 7) is 1.36. The first kappa shape index (κ1) is 18.7. The number of carbonyl (C=O) groups excluding carboxylic acids is 1. The Morgan fingerprint density at radius 1 is 1.28 bits per heavy atom. The second-order valence-electron chi connectivity index (χ2n) is 5.54. The Hall–Kier alpha value is -2.65. The van der Waals surface area contributed by atoms with Crippen molar-refractivity contribution in [3.05, 3.63) is 53.5 Å². The van der Waals surface area contributed by atoms with Crippen molar-refractivity contribution < 1.29 is 27.5 Å². The summed E-state index contributed by atoms with van der Waals surface area (Å²) in [5.74, 6) is -2.26. The molecule has 1 aromatic heterocycles. The summed E-state index contributed by atoms with van der Waals surface area (Å²) in [7, 11) is -2.72. The van der Waals surface area contributed by atoms with Crippen LogP contribution in [0.5, 0.6) is 0 Å². The molecule has 2 rings (SSSR count). The lowest BCUT2D eigenvalue weighted by Crippen LogP contribution is -2.43. The summed E-state index contributed by atoms with van der Waals surface area (Å²) < 4.78 is 28.0. The topological polar surface area (TPSA) is 131 Å². The number of carbonyl (C=O) groups is 2. The highest BCUT2D eigenvalue weighted by Crippen LogP contribution is 2.21. The van der Waals surface area contributed by atoms with Crippen molar-refractivity contribution in [1.29, 1.82) is 0 Å². The highest BCUT2D eigenvalue weighted by Gasteiger charge is 2.30. The van der Waals surface area contributed by atoms with Gasteiger partial charge in [-0.1, -0.05) is 30.3 Å². The van der Waals surface area contributed by atoms with Crippen molar-refractivity contribution in [3.8, 4) is 0 Å². The molecule has 2 aromatic rings. The van der Waals surface area contributed by atoms with Crippen molar-refractivity contribution in [2.45, 2.75) is 24.3 Å². The van der Waals surface area contributed by atoms with Gasteiger partial charge in [-0.15, -0.1) is 0 Å². The zero-order chi connectivity index (χ0) is 18.8. The first-order valence-electron chi connectivity index (χ1n) is 7.28. The predicted octanol–water partition coefficient (Wildman–Crippen LogP) is 1.00. The average Bonchev–Trinajstić information content (AvgIpc) is 2.94. The van der Waals surface area contributed by atoms with E-state index < -0.39 is 27.9 Å². The van der Waals surface area contributed by atoms with E-state index in [0.29, 0.717) is 0 Å². The number of aryl methyl sites for hydroxylation is 1. The molecule has 1 aromatic carbocycles. The van der Waals surface area contributed by atoms with Gasteiger partial charge in [0.2, 0.25) is 10.0 Å². The average molecular weight is 366 g/mol. The molecular weight excluding hydrogens is 348 g/mol. The molecule has 0 spiro atoms. The molecule has 9 heteroatoms. The second-order valence-corrected chi connectivity index (χ2v) is 7.07. The molecule has 134 valence electrons. The number of rotatable bonds is 6. The molecular formula is C16H18N2O6S. The summed E-state index contributed by atoms with van der Waals surface area (Å²) in [5.41, 5.74) is 0.746. The van der Waals surface area contributed by atoms with Crippen LogP contribution in [0.3, 0.4) is 0 Å². The Balaban J connectivity index is 2.29. The van der Waals surface area contributed by atoms with E-state index in [-0.39, 0.29) is 22.8 Å². The molecule has 8 nitrogen and oxygen atoms in total. The molecule has 0 saturated heterocycles. The minimum absolute atomic E-state index is 0.0332. The van der Waals surface area contributed by atoms with Gasteiger partial charge in [0.1, 0.15) is 16.7 Å². The molecule has 0 bridgehead atoms. The van der Waals surface area contributed by atoms with Crippen LogP contribution in [0.1, 0.15) is 21.9 Å². The van der Waals surface area contributed by atoms with Crippen LogP contribution in [0, 0.1) is 6.92 Å². The van der Waals surface area contributed by atoms with Crippen LogP contribution < -0.4 is 5.14 Å². The fourth-order valence-electron chi connectivity index (χ4n) is 2.40. The highest BCUT2D eigenvalue weighted by atomic mass is 32.2. The Morgan fingerprint density at radius 2 is 1.88 bits per heavy atom. The first-order valence-corrected chi connectivity index (χ1v) is 8.83. The largest absolute Gasteiger partial charge is 0.480 e. The summed E-state index contributed by atoms with van der Waals surface area (Å²) in [6, 6.07) is 8.71. The van der Waals surface area contributed by atoms with Crippen molar-refractivity contribution in [1.82, 2.24) is 4.90 Å². The Kier molecular flexibility index (Phi) is 5.29. The van der Waals surface area contributed by atoms with Crippen molar-refractivity contribution in [2.24, 2.45) is 5.14 Å². The minimum atomic E-state index is -4.04. The lowest BCUT2D eigenvalue weighted by Gasteiger charge is -2.24. The number of amides is 1. The van der Waals surface area contributed by atoms with E-state index in [9.17, 15) is 23.1 Å². The Labute approximate surface area is 144 Å². The van der Waals surface area contributed by atoms with E-state index in [0.717, 1.165) is 16.5 Å². The summed E-state index contributed by atoms with van der Waals surface area (Å²) in [4.78, 5) is 24.8. The molecule has 3 N–H and O–H groups in total. The summed E-state index contributed by atoms with van der Waals surface area (Å²) in [6.07, 6.45) is 0.0974. The minimum Gasteiger partial charge on any atom is -0.480 e. The third-order valence-corrected chi connectivity index (χ3v) is 4.75. The van der Waals surface area contributed by atoms with Gasteiger partial charge in [0.15, 0.2) is 5.76 Å². The van der Waals surface area contributed by atoms with E-state index >= 15 is 0 Å². The lowest BCUT2D eigenvalue weighted by atomic mass is 10.0. The third-order valence-electron chi connectivity index (χ3n) is 3.73. The monoisotopic (exact) mass is 366 g/mol. The molecule has 0 aliphatic rings. The number of hydrogen-bond acceptors (Lipinski definition) is 5. The number of carboxylic acids is 1. The van der Waals surface area contributed by atoms with Crippen molar-refractivity contribution >= 4 is 21.9 Å². The smallest absolute Gasteiger partial charge is 0.326 e. The van der Waals surface area contributed by atoms with Crippen molar-refractivity contribution in [3.63, 3.8) is 0 Å². The zero-order valence-corrected chi connectivity index (χ0v) is 14.5. The van der Waals surface area contributed by atoms with Gasteiger partial charge in [-0.05, 0) is 12.5 Å². The lowest BCUT2D eigenvalue weighted by molar-refractivity contribution is -0.141. The van der Waals surface area contributed by atoms with Crippen LogP contribution in [0.25, 0.3) is 0 Å². The van der Waals surface area contributed by atoms with Gasteiger partial charge in [-0.25, -0.2) is 18.4 Å². The van der Waals surface area contributed by atoms with Gasteiger partial charge in [0.25, 0.3) is 5.91 Å². The first-order chi connectivity index (χ1) is 11.6. The van der Waals surface area contributed by atoms with Gasteiger partial charge in [-0.3, -0.25) is 4.79 Å². The quantitative estimate of drug-likeness (QED) is 0.784. The number of nitrogens with zero attached hydrogens (tertiary/aromatic N) is 1. The van der Waals surface area contributed by atoms with Gasteiger partial charge in [-0.2, -0.15) is 0 Å². The van der Waals surface area contributed by atoms with Crippen LogP contribution in [-0.2, 0) is 21.2 Å². The molecule has 0 radical (unpaired) electrons. The molecule has 25 heavy (non-hydrogen) atoms. The number of carboxylic acid groups (broad SMARTS) is 1. The molecule has 1 atom stereocenters. The van der Waals surface area contributed by atoms with Crippen LogP contribution in [-0.4, -0.2) is 43.4 Å².